The first kappa shape index (κ1) is 24.3. The molecule has 0 spiro atoms. The largest absolute Gasteiger partial charge is 0.465 e. The van der Waals surface area contributed by atoms with E-state index >= 15 is 0 Å². The van der Waals surface area contributed by atoms with E-state index in [1.165, 1.54) is 18.4 Å². The maximum atomic E-state index is 13.5. The number of anilines is 1. The average molecular weight is 513 g/mol. The molecule has 0 saturated heterocycles. The molecule has 0 radical (unpaired) electrons. The van der Waals surface area contributed by atoms with E-state index in [9.17, 15) is 9.59 Å². The molecule has 0 aliphatic heterocycles. The molecule has 30 heavy (non-hydrogen) atoms. The number of fused-ring (bicyclic) bond motifs is 1. The fraction of sp³-hybridized carbons (Fsp3) is 0.286. The first-order valence-corrected chi connectivity index (χ1v) is 10.7. The number of methoxy groups -OCH3 is 1. The van der Waals surface area contributed by atoms with Gasteiger partial charge in [0.1, 0.15) is 0 Å². The topological polar surface area (TPSA) is 62.7 Å². The van der Waals surface area contributed by atoms with E-state index in [0.717, 1.165) is 27.7 Å². The Morgan fingerprint density at radius 3 is 2.47 bits per heavy atom. The molecule has 0 aliphatic rings. The number of rotatable bonds is 7. The van der Waals surface area contributed by atoms with Crippen LogP contribution in [0.15, 0.2) is 46.9 Å². The highest BCUT2D eigenvalue weighted by Crippen LogP contribution is 2.32. The number of carbonyl (C=O) groups is 2. The molecule has 1 amide bonds. The highest BCUT2D eigenvalue weighted by Gasteiger charge is 2.25. The van der Waals surface area contributed by atoms with Gasteiger partial charge < -0.3 is 9.64 Å². The second kappa shape index (κ2) is 10.9. The smallest absolute Gasteiger partial charge is 0.338 e. The van der Waals surface area contributed by atoms with Crippen molar-refractivity contribution in [3.63, 3.8) is 0 Å². The van der Waals surface area contributed by atoms with Crippen LogP contribution in [0.5, 0.6) is 0 Å². The van der Waals surface area contributed by atoms with Gasteiger partial charge in [0, 0.05) is 11.0 Å². The Kier molecular flexibility index (Phi) is 8.78. The number of amides is 1. The lowest BCUT2D eigenvalue weighted by molar-refractivity contribution is 0.0597. The normalized spacial score (nSPS) is 10.7. The molecule has 1 aromatic heterocycles. The summed E-state index contributed by atoms with van der Waals surface area (Å²) in [4.78, 5) is 34.0. The number of carbonyl (C=O) groups excluding carboxylic acids is 2. The molecule has 0 aliphatic carbocycles. The Hall–Kier alpha value is -2.00. The standard InChI is InChI=1S/C21H22BrN3O3S.ClH/c1-24(2)11-6-12-25(21-23-17-10-9-14(22)13-18(17)29-21)19(26)15-7-4-5-8-16(15)20(27)28-3;/h4-5,7-10,13H,6,11-12H2,1-3H3;1H. The van der Waals surface area contributed by atoms with E-state index in [1.807, 2.05) is 32.3 Å². The van der Waals surface area contributed by atoms with Gasteiger partial charge in [0.2, 0.25) is 0 Å². The Labute approximate surface area is 194 Å². The predicted octanol–water partition coefficient (Wildman–Crippen LogP) is 4.87. The Morgan fingerprint density at radius 2 is 1.80 bits per heavy atom. The lowest BCUT2D eigenvalue weighted by Gasteiger charge is -2.22. The van der Waals surface area contributed by atoms with Crippen LogP contribution in [0.1, 0.15) is 27.1 Å². The molecule has 3 rings (SSSR count). The lowest BCUT2D eigenvalue weighted by atomic mass is 10.1. The first-order valence-electron chi connectivity index (χ1n) is 9.10. The van der Waals surface area contributed by atoms with Gasteiger partial charge in [-0.05, 0) is 57.4 Å². The summed E-state index contributed by atoms with van der Waals surface area (Å²) in [6, 6.07) is 12.5. The maximum absolute atomic E-state index is 13.5. The molecule has 0 atom stereocenters. The summed E-state index contributed by atoms with van der Waals surface area (Å²) in [7, 11) is 5.30. The highest BCUT2D eigenvalue weighted by molar-refractivity contribution is 9.10. The number of hydrogen-bond donors (Lipinski definition) is 0. The fourth-order valence-electron chi connectivity index (χ4n) is 2.93. The van der Waals surface area contributed by atoms with Gasteiger partial charge in [-0.3, -0.25) is 9.69 Å². The van der Waals surface area contributed by atoms with Crippen molar-refractivity contribution in [2.24, 2.45) is 0 Å². The molecule has 6 nitrogen and oxygen atoms in total. The Morgan fingerprint density at radius 1 is 1.10 bits per heavy atom. The maximum Gasteiger partial charge on any atom is 0.338 e. The summed E-state index contributed by atoms with van der Waals surface area (Å²) in [6.45, 7) is 1.33. The lowest BCUT2D eigenvalue weighted by Crippen LogP contribution is -2.34. The zero-order valence-electron chi connectivity index (χ0n) is 16.9. The van der Waals surface area contributed by atoms with Gasteiger partial charge in [-0.2, -0.15) is 0 Å². The summed E-state index contributed by atoms with van der Waals surface area (Å²) in [6.07, 6.45) is 0.777. The molecule has 0 N–H and O–H groups in total. The van der Waals surface area contributed by atoms with Crippen LogP contribution in [0.2, 0.25) is 0 Å². The van der Waals surface area contributed by atoms with Crippen LogP contribution < -0.4 is 4.90 Å². The predicted molar refractivity (Wildman–Crippen MR) is 127 cm³/mol. The molecule has 0 fully saturated rings. The Balaban J connectivity index is 0.00000320. The molecule has 3 aromatic rings. The van der Waals surface area contributed by atoms with Crippen molar-refractivity contribution in [3.05, 3.63) is 58.1 Å². The zero-order chi connectivity index (χ0) is 21.0. The van der Waals surface area contributed by atoms with E-state index in [2.05, 4.69) is 25.8 Å². The minimum absolute atomic E-state index is 0. The number of nitrogens with zero attached hydrogens (tertiary/aromatic N) is 3. The second-order valence-electron chi connectivity index (χ2n) is 6.76. The van der Waals surface area contributed by atoms with Crippen molar-refractivity contribution in [3.8, 4) is 0 Å². The second-order valence-corrected chi connectivity index (χ2v) is 8.68. The number of thiazole rings is 1. The van der Waals surface area contributed by atoms with Gasteiger partial charge in [-0.25, -0.2) is 9.78 Å². The summed E-state index contributed by atoms with van der Waals surface area (Å²) in [5.41, 5.74) is 1.39. The number of ether oxygens (including phenoxy) is 1. The first-order chi connectivity index (χ1) is 13.9. The minimum Gasteiger partial charge on any atom is -0.465 e. The number of esters is 1. The number of halogens is 2. The third-order valence-electron chi connectivity index (χ3n) is 4.37. The molecule has 0 bridgehead atoms. The van der Waals surface area contributed by atoms with Crippen molar-refractivity contribution in [2.75, 3.05) is 39.2 Å². The SMILES string of the molecule is COC(=O)c1ccccc1C(=O)N(CCCN(C)C)c1nc2ccc(Br)cc2s1.Cl. The van der Waals surface area contributed by atoms with Crippen molar-refractivity contribution < 1.29 is 14.3 Å². The van der Waals surface area contributed by atoms with Gasteiger partial charge in [0.05, 0.1) is 28.5 Å². The monoisotopic (exact) mass is 511 g/mol. The average Bonchev–Trinajstić information content (AvgIpc) is 3.12. The van der Waals surface area contributed by atoms with E-state index in [1.54, 1.807) is 29.2 Å². The third kappa shape index (κ3) is 5.57. The molecule has 9 heteroatoms. The van der Waals surface area contributed by atoms with E-state index < -0.39 is 5.97 Å². The van der Waals surface area contributed by atoms with Crippen LogP contribution >= 0.6 is 39.7 Å². The molecular weight excluding hydrogens is 490 g/mol. The van der Waals surface area contributed by atoms with Crippen molar-refractivity contribution >= 4 is 66.9 Å². The van der Waals surface area contributed by atoms with Gasteiger partial charge >= 0.3 is 5.97 Å². The Bertz CT molecular complexity index is 1040. The van der Waals surface area contributed by atoms with Crippen molar-refractivity contribution in [1.82, 2.24) is 9.88 Å². The molecule has 1 heterocycles. The summed E-state index contributed by atoms with van der Waals surface area (Å²) >= 11 is 4.93. The van der Waals surface area contributed by atoms with Gasteiger partial charge in [-0.1, -0.05) is 39.4 Å². The third-order valence-corrected chi connectivity index (χ3v) is 5.90. The number of hydrogen-bond acceptors (Lipinski definition) is 6. The van der Waals surface area contributed by atoms with Crippen LogP contribution in [0.3, 0.4) is 0 Å². The van der Waals surface area contributed by atoms with Gasteiger partial charge in [-0.15, -0.1) is 12.4 Å². The molecule has 160 valence electrons. The molecular formula is C21H23BrClN3O3S. The quantitative estimate of drug-likeness (QED) is 0.423. The van der Waals surface area contributed by atoms with E-state index in [0.29, 0.717) is 17.2 Å². The molecule has 0 saturated carbocycles. The number of benzene rings is 2. The van der Waals surface area contributed by atoms with E-state index in [4.69, 9.17) is 4.74 Å². The fourth-order valence-corrected chi connectivity index (χ4v) is 4.48. The van der Waals surface area contributed by atoms with Crippen LogP contribution in [0.4, 0.5) is 5.13 Å². The van der Waals surface area contributed by atoms with Gasteiger partial charge in [0.25, 0.3) is 5.91 Å². The summed E-state index contributed by atoms with van der Waals surface area (Å²) < 4.78 is 6.80. The van der Waals surface area contributed by atoms with Crippen molar-refractivity contribution in [2.45, 2.75) is 6.42 Å². The summed E-state index contributed by atoms with van der Waals surface area (Å²) in [5, 5.41) is 0.613. The van der Waals surface area contributed by atoms with E-state index in [-0.39, 0.29) is 23.9 Å². The number of aromatic nitrogens is 1. The molecule has 0 unspecified atom stereocenters. The van der Waals surface area contributed by atoms with Crippen molar-refractivity contribution in [1.29, 1.82) is 0 Å². The minimum atomic E-state index is -0.532. The van der Waals surface area contributed by atoms with Crippen LogP contribution in [-0.2, 0) is 4.74 Å². The van der Waals surface area contributed by atoms with Crippen LogP contribution in [-0.4, -0.2) is 56.1 Å². The van der Waals surface area contributed by atoms with Crippen LogP contribution in [0.25, 0.3) is 10.2 Å². The zero-order valence-corrected chi connectivity index (χ0v) is 20.1. The van der Waals surface area contributed by atoms with Crippen LogP contribution in [0, 0.1) is 0 Å². The molecule has 2 aromatic carbocycles. The summed E-state index contributed by atoms with van der Waals surface area (Å²) in [5.74, 6) is -0.793. The van der Waals surface area contributed by atoms with Gasteiger partial charge in [0.15, 0.2) is 5.13 Å². The highest BCUT2D eigenvalue weighted by atomic mass is 79.9.